The van der Waals surface area contributed by atoms with Gasteiger partial charge in [-0.2, -0.15) is 0 Å². The van der Waals surface area contributed by atoms with Gasteiger partial charge in [0.1, 0.15) is 17.0 Å². The number of carbonyl (C=O) groups is 4. The van der Waals surface area contributed by atoms with Crippen molar-refractivity contribution in [2.24, 2.45) is 0 Å². The van der Waals surface area contributed by atoms with Crippen LogP contribution in [0.3, 0.4) is 0 Å². The highest BCUT2D eigenvalue weighted by Gasteiger charge is 2.51. The van der Waals surface area contributed by atoms with Crippen LogP contribution in [0.5, 0.6) is 0 Å². The first-order valence-electron chi connectivity index (χ1n) is 9.69. The van der Waals surface area contributed by atoms with Gasteiger partial charge in [-0.15, -0.1) is 11.3 Å². The molecule has 10 heteroatoms. The molecule has 1 aromatic heterocycles. The van der Waals surface area contributed by atoms with E-state index in [9.17, 15) is 19.2 Å². The van der Waals surface area contributed by atoms with Crippen molar-refractivity contribution >= 4 is 51.8 Å². The number of nitrogens with one attached hydrogen (secondary N) is 2. The molecule has 1 atom stereocenters. The zero-order chi connectivity index (χ0) is 22.8. The lowest BCUT2D eigenvalue weighted by Crippen LogP contribution is -2.44. The van der Waals surface area contributed by atoms with Crippen LogP contribution in [-0.4, -0.2) is 41.9 Å². The fourth-order valence-electron chi connectivity index (χ4n) is 3.41. The fraction of sp³-hybridized carbons (Fsp3) is 0.333. The highest BCUT2D eigenvalue weighted by molar-refractivity contribution is 7.18. The Hall–Kier alpha value is -2.91. The maximum atomic E-state index is 13.1. The van der Waals surface area contributed by atoms with Crippen LogP contribution in [0.1, 0.15) is 41.1 Å². The van der Waals surface area contributed by atoms with E-state index in [1.807, 2.05) is 0 Å². The van der Waals surface area contributed by atoms with Gasteiger partial charge in [0, 0.05) is 5.02 Å². The molecule has 164 valence electrons. The molecule has 1 aromatic carbocycles. The van der Waals surface area contributed by atoms with E-state index in [4.69, 9.17) is 16.3 Å². The summed E-state index contributed by atoms with van der Waals surface area (Å²) in [6, 6.07) is 7.64. The Kier molecular flexibility index (Phi) is 6.66. The predicted molar refractivity (Wildman–Crippen MR) is 117 cm³/mol. The lowest BCUT2D eigenvalue weighted by molar-refractivity contribution is -0.134. The van der Waals surface area contributed by atoms with Crippen molar-refractivity contribution in [3.05, 3.63) is 51.4 Å². The molecule has 1 aliphatic rings. The number of rotatable bonds is 7. The standard InChI is InChI=1S/C21H22ClN3O5S/c1-4-21(13-6-8-14(22)9-7-13)19(28)25(20(29)24-21)11-15(26)23-16-10-12(3)17(31-16)18(27)30-5-2/h6-10H,4-5,11H2,1-3H3,(H,23,26)(H,24,29). The molecule has 4 amide bonds. The number of anilines is 1. The zero-order valence-corrected chi connectivity index (χ0v) is 18.9. The molecule has 2 aromatic rings. The van der Waals surface area contributed by atoms with Gasteiger partial charge < -0.3 is 15.4 Å². The molecule has 8 nitrogen and oxygen atoms in total. The van der Waals surface area contributed by atoms with Gasteiger partial charge in [-0.05, 0) is 49.6 Å². The van der Waals surface area contributed by atoms with Gasteiger partial charge in [-0.25, -0.2) is 9.59 Å². The monoisotopic (exact) mass is 463 g/mol. The summed E-state index contributed by atoms with van der Waals surface area (Å²) < 4.78 is 4.99. The average Bonchev–Trinajstić information content (AvgIpc) is 3.21. The van der Waals surface area contributed by atoms with Crippen LogP contribution >= 0.6 is 22.9 Å². The number of ether oxygens (including phenoxy) is 1. The maximum Gasteiger partial charge on any atom is 0.348 e. The Morgan fingerprint density at radius 1 is 1.23 bits per heavy atom. The SMILES string of the molecule is CCOC(=O)c1sc(NC(=O)CN2C(=O)NC(CC)(c3ccc(Cl)cc3)C2=O)cc1C. The third kappa shape index (κ3) is 4.42. The van der Waals surface area contributed by atoms with E-state index in [-0.39, 0.29) is 6.61 Å². The Morgan fingerprint density at radius 2 is 1.90 bits per heavy atom. The number of carbonyl (C=O) groups excluding carboxylic acids is 4. The quantitative estimate of drug-likeness (QED) is 0.481. The molecular weight excluding hydrogens is 442 g/mol. The van der Waals surface area contributed by atoms with E-state index < -0.39 is 35.9 Å². The number of esters is 1. The summed E-state index contributed by atoms with van der Waals surface area (Å²) >= 11 is 7.01. The number of benzene rings is 1. The highest BCUT2D eigenvalue weighted by Crippen LogP contribution is 2.33. The number of hydrogen-bond donors (Lipinski definition) is 2. The van der Waals surface area contributed by atoms with E-state index >= 15 is 0 Å². The number of halogens is 1. The topological polar surface area (TPSA) is 105 Å². The van der Waals surface area contributed by atoms with Gasteiger partial charge in [0.05, 0.1) is 11.6 Å². The first-order valence-corrected chi connectivity index (χ1v) is 10.9. The number of urea groups is 1. The van der Waals surface area contributed by atoms with Crippen molar-refractivity contribution in [3.8, 4) is 0 Å². The minimum absolute atomic E-state index is 0.247. The van der Waals surface area contributed by atoms with Crippen molar-refractivity contribution in [1.82, 2.24) is 10.2 Å². The van der Waals surface area contributed by atoms with E-state index in [0.29, 0.717) is 32.4 Å². The highest BCUT2D eigenvalue weighted by atomic mass is 35.5. The average molecular weight is 464 g/mol. The van der Waals surface area contributed by atoms with E-state index in [1.165, 1.54) is 0 Å². The molecule has 3 rings (SSSR count). The molecule has 0 aliphatic carbocycles. The van der Waals surface area contributed by atoms with Crippen LogP contribution in [0.25, 0.3) is 0 Å². The molecular formula is C21H22ClN3O5S. The zero-order valence-electron chi connectivity index (χ0n) is 17.3. The number of hydrogen-bond acceptors (Lipinski definition) is 6. The fourth-order valence-corrected chi connectivity index (χ4v) is 4.52. The summed E-state index contributed by atoms with van der Waals surface area (Å²) in [5.41, 5.74) is 0.00791. The number of thiophene rings is 1. The second kappa shape index (κ2) is 9.07. The van der Waals surface area contributed by atoms with Gasteiger partial charge in [0.25, 0.3) is 5.91 Å². The molecule has 0 spiro atoms. The van der Waals surface area contributed by atoms with Crippen molar-refractivity contribution in [3.63, 3.8) is 0 Å². The molecule has 31 heavy (non-hydrogen) atoms. The maximum absolute atomic E-state index is 13.1. The van der Waals surface area contributed by atoms with Crippen LogP contribution in [-0.2, 0) is 19.9 Å². The first-order chi connectivity index (χ1) is 14.7. The Labute approximate surface area is 188 Å². The van der Waals surface area contributed by atoms with Crippen LogP contribution in [0.2, 0.25) is 5.02 Å². The third-order valence-corrected chi connectivity index (χ3v) is 6.37. The number of imide groups is 1. The number of nitrogens with zero attached hydrogens (tertiary/aromatic N) is 1. The summed E-state index contributed by atoms with van der Waals surface area (Å²) in [6.45, 7) is 5.02. The van der Waals surface area contributed by atoms with E-state index in [0.717, 1.165) is 16.2 Å². The van der Waals surface area contributed by atoms with Crippen molar-refractivity contribution in [1.29, 1.82) is 0 Å². The molecule has 1 saturated heterocycles. The summed E-state index contributed by atoms with van der Waals surface area (Å²) in [5.74, 6) is -1.52. The molecule has 2 N–H and O–H groups in total. The molecule has 0 bridgehead atoms. The van der Waals surface area contributed by atoms with Crippen LogP contribution in [0.15, 0.2) is 30.3 Å². The second-order valence-electron chi connectivity index (χ2n) is 6.98. The molecule has 1 aliphatic heterocycles. The van der Waals surface area contributed by atoms with E-state index in [1.54, 1.807) is 51.1 Å². The smallest absolute Gasteiger partial charge is 0.348 e. The van der Waals surface area contributed by atoms with Crippen molar-refractivity contribution in [2.45, 2.75) is 32.7 Å². The first kappa shape index (κ1) is 22.8. The predicted octanol–water partition coefficient (Wildman–Crippen LogP) is 3.68. The van der Waals surface area contributed by atoms with Crippen molar-refractivity contribution < 1.29 is 23.9 Å². The van der Waals surface area contributed by atoms with Crippen molar-refractivity contribution in [2.75, 3.05) is 18.5 Å². The molecule has 0 saturated carbocycles. The Bertz CT molecular complexity index is 1040. The summed E-state index contributed by atoms with van der Waals surface area (Å²) in [7, 11) is 0. The number of aryl methyl sites for hydroxylation is 1. The third-order valence-electron chi connectivity index (χ3n) is 4.99. The lowest BCUT2D eigenvalue weighted by atomic mass is 9.87. The Balaban J connectivity index is 1.74. The second-order valence-corrected chi connectivity index (χ2v) is 8.47. The largest absolute Gasteiger partial charge is 0.462 e. The van der Waals surface area contributed by atoms with Gasteiger partial charge in [0.2, 0.25) is 5.91 Å². The van der Waals surface area contributed by atoms with Gasteiger partial charge in [0.15, 0.2) is 0 Å². The van der Waals surface area contributed by atoms with Gasteiger partial charge >= 0.3 is 12.0 Å². The molecule has 1 fully saturated rings. The molecule has 1 unspecified atom stereocenters. The van der Waals surface area contributed by atoms with Gasteiger partial charge in [-0.1, -0.05) is 30.7 Å². The van der Waals surface area contributed by atoms with Crippen LogP contribution < -0.4 is 10.6 Å². The van der Waals surface area contributed by atoms with E-state index in [2.05, 4.69) is 10.6 Å². The summed E-state index contributed by atoms with van der Waals surface area (Å²) in [4.78, 5) is 51.4. The summed E-state index contributed by atoms with van der Waals surface area (Å²) in [6.07, 6.45) is 0.310. The summed E-state index contributed by atoms with van der Waals surface area (Å²) in [5, 5.41) is 6.30. The Morgan fingerprint density at radius 3 is 2.52 bits per heavy atom. The molecule has 0 radical (unpaired) electrons. The van der Waals surface area contributed by atoms with Gasteiger partial charge in [-0.3, -0.25) is 14.5 Å². The minimum Gasteiger partial charge on any atom is -0.462 e. The normalized spacial score (nSPS) is 18.1. The van der Waals surface area contributed by atoms with Crippen LogP contribution in [0.4, 0.5) is 9.80 Å². The lowest BCUT2D eigenvalue weighted by Gasteiger charge is -2.25. The van der Waals surface area contributed by atoms with Crippen LogP contribution in [0, 0.1) is 6.92 Å². The molecule has 2 heterocycles. The minimum atomic E-state index is -1.25. The number of amides is 4.